The predicted octanol–water partition coefficient (Wildman–Crippen LogP) is 6.31. The van der Waals surface area contributed by atoms with E-state index in [2.05, 4.69) is 10.5 Å². The third-order valence-electron chi connectivity index (χ3n) is 4.41. The Kier molecular flexibility index (Phi) is 7.80. The van der Waals surface area contributed by atoms with E-state index >= 15 is 0 Å². The molecule has 3 aromatic carbocycles. The van der Waals surface area contributed by atoms with Crippen molar-refractivity contribution in [3.8, 4) is 11.5 Å². The van der Waals surface area contributed by atoms with Crippen LogP contribution >= 0.6 is 34.8 Å². The van der Waals surface area contributed by atoms with Crippen molar-refractivity contribution in [2.24, 2.45) is 5.10 Å². The third kappa shape index (κ3) is 5.91. The first-order chi connectivity index (χ1) is 14.9. The molecule has 1 amide bonds. The fourth-order valence-corrected chi connectivity index (χ4v) is 3.53. The Morgan fingerprint density at radius 2 is 1.84 bits per heavy atom. The van der Waals surface area contributed by atoms with Gasteiger partial charge in [0.1, 0.15) is 6.61 Å². The summed E-state index contributed by atoms with van der Waals surface area (Å²) in [5, 5.41) is 5.38. The summed E-state index contributed by atoms with van der Waals surface area (Å²) in [4.78, 5) is 12.3. The van der Waals surface area contributed by atoms with Crippen LogP contribution in [0.2, 0.25) is 15.1 Å². The molecule has 0 spiro atoms. The number of nitrogens with zero attached hydrogens (tertiary/aromatic N) is 1. The van der Waals surface area contributed by atoms with Gasteiger partial charge < -0.3 is 9.47 Å². The maximum Gasteiger partial charge on any atom is 0.271 e. The molecule has 0 saturated heterocycles. The van der Waals surface area contributed by atoms with E-state index < -0.39 is 0 Å². The first-order valence-electron chi connectivity index (χ1n) is 9.22. The number of methoxy groups -OCH3 is 1. The number of hydrazone groups is 1. The molecule has 0 aliphatic rings. The monoisotopic (exact) mass is 476 g/mol. The van der Waals surface area contributed by atoms with Gasteiger partial charge >= 0.3 is 0 Å². The van der Waals surface area contributed by atoms with Crippen molar-refractivity contribution in [2.45, 2.75) is 13.5 Å². The second kappa shape index (κ2) is 10.5. The maximum absolute atomic E-state index is 12.3. The van der Waals surface area contributed by atoms with Gasteiger partial charge in [-0.3, -0.25) is 4.79 Å². The van der Waals surface area contributed by atoms with Crippen molar-refractivity contribution in [1.29, 1.82) is 0 Å². The molecule has 0 saturated carbocycles. The van der Waals surface area contributed by atoms with E-state index in [1.54, 1.807) is 42.5 Å². The smallest absolute Gasteiger partial charge is 0.271 e. The van der Waals surface area contributed by atoms with Gasteiger partial charge in [0, 0.05) is 21.2 Å². The highest BCUT2D eigenvalue weighted by molar-refractivity contribution is 6.35. The summed E-state index contributed by atoms with van der Waals surface area (Å²) in [6.45, 7) is 2.05. The van der Waals surface area contributed by atoms with E-state index in [4.69, 9.17) is 44.3 Å². The number of ether oxygens (including phenoxy) is 2. The van der Waals surface area contributed by atoms with Crippen molar-refractivity contribution >= 4 is 46.9 Å². The Labute approximate surface area is 195 Å². The first kappa shape index (κ1) is 22.9. The van der Waals surface area contributed by atoms with Crippen molar-refractivity contribution in [3.05, 3.63) is 91.9 Å². The van der Waals surface area contributed by atoms with E-state index in [0.29, 0.717) is 37.7 Å². The third-order valence-corrected chi connectivity index (χ3v) is 5.28. The van der Waals surface area contributed by atoms with Crippen LogP contribution in [0.15, 0.2) is 59.7 Å². The maximum atomic E-state index is 12.3. The van der Waals surface area contributed by atoms with Gasteiger partial charge in [-0.2, -0.15) is 5.10 Å². The molecule has 160 valence electrons. The number of nitrogens with one attached hydrogen (secondary N) is 1. The summed E-state index contributed by atoms with van der Waals surface area (Å²) in [5.41, 5.74) is 5.31. The normalized spacial score (nSPS) is 10.9. The van der Waals surface area contributed by atoms with Crippen LogP contribution in [0, 0.1) is 6.92 Å². The minimum atomic E-state index is -0.299. The van der Waals surface area contributed by atoms with Gasteiger partial charge in [0.25, 0.3) is 5.91 Å². The van der Waals surface area contributed by atoms with E-state index in [9.17, 15) is 4.79 Å². The number of rotatable bonds is 7. The summed E-state index contributed by atoms with van der Waals surface area (Å²) in [7, 11) is 1.51. The van der Waals surface area contributed by atoms with Gasteiger partial charge in [-0.05, 0) is 48.4 Å². The fraction of sp³-hybridized carbons (Fsp3) is 0.130. The van der Waals surface area contributed by atoms with Gasteiger partial charge in [0.05, 0.1) is 18.3 Å². The second-order valence-corrected chi connectivity index (χ2v) is 7.82. The number of amides is 1. The molecule has 0 aromatic heterocycles. The molecule has 3 rings (SSSR count). The molecule has 1 N–H and O–H groups in total. The highest BCUT2D eigenvalue weighted by Crippen LogP contribution is 2.37. The highest BCUT2D eigenvalue weighted by atomic mass is 35.5. The Morgan fingerprint density at radius 3 is 2.55 bits per heavy atom. The molecule has 0 bridgehead atoms. The van der Waals surface area contributed by atoms with Gasteiger partial charge in [-0.25, -0.2) is 5.43 Å². The minimum absolute atomic E-state index is 0.187. The van der Waals surface area contributed by atoms with Crippen LogP contribution in [0.1, 0.15) is 27.0 Å². The van der Waals surface area contributed by atoms with Gasteiger partial charge in [0.15, 0.2) is 11.5 Å². The van der Waals surface area contributed by atoms with Gasteiger partial charge in [0.2, 0.25) is 0 Å². The number of hydrogen-bond acceptors (Lipinski definition) is 4. The molecule has 0 aliphatic carbocycles. The van der Waals surface area contributed by atoms with Crippen LogP contribution in [0.4, 0.5) is 0 Å². The van der Waals surface area contributed by atoms with Crippen LogP contribution < -0.4 is 14.9 Å². The number of carbonyl (C=O) groups is 1. The summed E-state index contributed by atoms with van der Waals surface area (Å²) in [6.07, 6.45) is 1.48. The standard InChI is InChI=1S/C23H19Cl3N2O3/c1-14-5-3-4-6-18(14)23(29)28-27-12-15-9-20(26)22(21(10-15)30-2)31-13-16-7-8-17(24)11-19(16)25/h3-12H,13H2,1-2H3,(H,28,29)/b27-12+. The molecule has 0 fully saturated rings. The van der Waals surface area contributed by atoms with Crippen LogP contribution in [0.3, 0.4) is 0 Å². The lowest BCUT2D eigenvalue weighted by Crippen LogP contribution is -2.18. The number of aryl methyl sites for hydroxylation is 1. The van der Waals surface area contributed by atoms with E-state index in [-0.39, 0.29) is 12.5 Å². The van der Waals surface area contributed by atoms with E-state index in [0.717, 1.165) is 11.1 Å². The summed E-state index contributed by atoms with van der Waals surface area (Å²) in [5.74, 6) is 0.493. The summed E-state index contributed by atoms with van der Waals surface area (Å²) >= 11 is 18.5. The SMILES string of the molecule is COc1cc(/C=N/NC(=O)c2ccccc2C)cc(Cl)c1OCc1ccc(Cl)cc1Cl. The van der Waals surface area contributed by atoms with Gasteiger partial charge in [-0.15, -0.1) is 0 Å². The Balaban J connectivity index is 1.72. The van der Waals surface area contributed by atoms with E-state index in [1.165, 1.54) is 13.3 Å². The van der Waals surface area contributed by atoms with E-state index in [1.807, 2.05) is 19.1 Å². The average Bonchev–Trinajstić information content (AvgIpc) is 2.74. The lowest BCUT2D eigenvalue weighted by atomic mass is 10.1. The lowest BCUT2D eigenvalue weighted by Gasteiger charge is -2.14. The van der Waals surface area contributed by atoms with Crippen LogP contribution in [-0.2, 0) is 6.61 Å². The molecule has 31 heavy (non-hydrogen) atoms. The van der Waals surface area contributed by atoms with Crippen molar-refractivity contribution in [3.63, 3.8) is 0 Å². The summed E-state index contributed by atoms with van der Waals surface area (Å²) in [6, 6.07) is 15.8. The molecule has 5 nitrogen and oxygen atoms in total. The lowest BCUT2D eigenvalue weighted by molar-refractivity contribution is 0.0954. The summed E-state index contributed by atoms with van der Waals surface area (Å²) < 4.78 is 11.2. The molecular formula is C23H19Cl3N2O3. The molecule has 0 aliphatic heterocycles. The molecule has 0 heterocycles. The minimum Gasteiger partial charge on any atom is -0.493 e. The molecular weight excluding hydrogens is 459 g/mol. The number of carbonyl (C=O) groups excluding carboxylic acids is 1. The zero-order valence-corrected chi connectivity index (χ0v) is 19.1. The fourth-order valence-electron chi connectivity index (χ4n) is 2.80. The number of halogens is 3. The topological polar surface area (TPSA) is 59.9 Å². The molecule has 0 atom stereocenters. The molecule has 8 heteroatoms. The quantitative estimate of drug-likeness (QED) is 0.320. The van der Waals surface area contributed by atoms with Crippen LogP contribution in [0.5, 0.6) is 11.5 Å². The van der Waals surface area contributed by atoms with Crippen LogP contribution in [-0.4, -0.2) is 19.2 Å². The zero-order valence-electron chi connectivity index (χ0n) is 16.8. The van der Waals surface area contributed by atoms with Crippen LogP contribution in [0.25, 0.3) is 0 Å². The Hall–Kier alpha value is -2.73. The van der Waals surface area contributed by atoms with Gasteiger partial charge in [-0.1, -0.05) is 59.1 Å². The second-order valence-electron chi connectivity index (χ2n) is 6.57. The predicted molar refractivity (Wildman–Crippen MR) is 125 cm³/mol. The van der Waals surface area contributed by atoms with Crippen molar-refractivity contribution < 1.29 is 14.3 Å². The number of hydrogen-bond donors (Lipinski definition) is 1. The highest BCUT2D eigenvalue weighted by Gasteiger charge is 2.13. The zero-order chi connectivity index (χ0) is 22.4. The first-order valence-corrected chi connectivity index (χ1v) is 10.4. The Morgan fingerprint density at radius 1 is 1.06 bits per heavy atom. The molecule has 3 aromatic rings. The number of benzene rings is 3. The van der Waals surface area contributed by atoms with Crippen molar-refractivity contribution in [2.75, 3.05) is 7.11 Å². The molecule has 0 unspecified atom stereocenters. The molecule has 0 radical (unpaired) electrons. The Bertz CT molecular complexity index is 1130. The van der Waals surface area contributed by atoms with Crippen molar-refractivity contribution in [1.82, 2.24) is 5.43 Å². The average molecular weight is 478 g/mol. The largest absolute Gasteiger partial charge is 0.493 e.